The largest absolute Gasteiger partial charge is 0.337 e. The van der Waals surface area contributed by atoms with E-state index in [-0.39, 0.29) is 11.9 Å². The predicted octanol–water partition coefficient (Wildman–Crippen LogP) is 4.87. The molecule has 0 spiro atoms. The molecular weight excluding hydrogens is 362 g/mol. The van der Waals surface area contributed by atoms with Crippen LogP contribution in [0.5, 0.6) is 0 Å². The minimum atomic E-state index is -0.196. The average Bonchev–Trinajstić information content (AvgIpc) is 3.25. The molecule has 3 aromatic rings. The van der Waals surface area contributed by atoms with Gasteiger partial charge in [0.05, 0.1) is 0 Å². The Morgan fingerprint density at radius 2 is 2.07 bits per heavy atom. The van der Waals surface area contributed by atoms with E-state index in [9.17, 15) is 4.79 Å². The molecular formula is C21H20ClN3O2. The lowest BCUT2D eigenvalue weighted by Gasteiger charge is -2.23. The van der Waals surface area contributed by atoms with Crippen molar-refractivity contribution >= 4 is 17.5 Å². The average molecular weight is 382 g/mol. The molecule has 27 heavy (non-hydrogen) atoms. The molecule has 1 atom stereocenters. The van der Waals surface area contributed by atoms with Gasteiger partial charge >= 0.3 is 0 Å². The molecule has 5 nitrogen and oxygen atoms in total. The highest BCUT2D eigenvalue weighted by molar-refractivity contribution is 6.30. The number of halogens is 1. The van der Waals surface area contributed by atoms with Gasteiger partial charge in [-0.1, -0.05) is 52.7 Å². The van der Waals surface area contributed by atoms with Gasteiger partial charge < -0.3 is 9.42 Å². The van der Waals surface area contributed by atoms with Crippen molar-refractivity contribution in [2.75, 3.05) is 0 Å². The first-order chi connectivity index (χ1) is 13.0. The van der Waals surface area contributed by atoms with E-state index in [2.05, 4.69) is 42.2 Å². The monoisotopic (exact) mass is 381 g/mol. The molecule has 0 radical (unpaired) electrons. The van der Waals surface area contributed by atoms with Crippen LogP contribution in [-0.2, 0) is 11.3 Å². The van der Waals surface area contributed by atoms with Crippen LogP contribution < -0.4 is 0 Å². The summed E-state index contributed by atoms with van der Waals surface area (Å²) in [5.41, 5.74) is 4.32. The minimum absolute atomic E-state index is 0.113. The summed E-state index contributed by atoms with van der Waals surface area (Å²) in [6.45, 7) is 4.68. The second kappa shape index (κ2) is 7.16. The number of benzene rings is 2. The summed E-state index contributed by atoms with van der Waals surface area (Å²) in [6.07, 6.45) is 1.17. The lowest BCUT2D eigenvalue weighted by atomic mass is 10.0. The maximum Gasteiger partial charge on any atom is 0.249 e. The van der Waals surface area contributed by atoms with Crippen molar-refractivity contribution in [1.82, 2.24) is 15.0 Å². The molecule has 1 saturated heterocycles. The molecule has 0 N–H and O–H groups in total. The molecule has 1 aliphatic rings. The van der Waals surface area contributed by atoms with E-state index < -0.39 is 0 Å². The Bertz CT molecular complexity index is 999. The second-order valence-electron chi connectivity index (χ2n) is 6.97. The summed E-state index contributed by atoms with van der Waals surface area (Å²) in [5, 5.41) is 4.70. The molecule has 1 fully saturated rings. The highest BCUT2D eigenvalue weighted by Crippen LogP contribution is 2.34. The smallest absolute Gasteiger partial charge is 0.249 e. The van der Waals surface area contributed by atoms with Crippen LogP contribution in [0.2, 0.25) is 5.02 Å². The van der Waals surface area contributed by atoms with Gasteiger partial charge in [0.15, 0.2) is 0 Å². The molecule has 0 saturated carbocycles. The van der Waals surface area contributed by atoms with Crippen molar-refractivity contribution in [2.24, 2.45) is 0 Å². The molecule has 2 aromatic carbocycles. The summed E-state index contributed by atoms with van der Waals surface area (Å²) in [6, 6.07) is 13.4. The quantitative estimate of drug-likeness (QED) is 0.646. The number of carbonyl (C=O) groups excluding carboxylic acids is 1. The molecule has 1 amide bonds. The van der Waals surface area contributed by atoms with Crippen LogP contribution in [-0.4, -0.2) is 20.9 Å². The van der Waals surface area contributed by atoms with Crippen LogP contribution >= 0.6 is 11.6 Å². The van der Waals surface area contributed by atoms with E-state index in [0.29, 0.717) is 36.1 Å². The van der Waals surface area contributed by atoms with E-state index in [0.717, 1.165) is 11.1 Å². The van der Waals surface area contributed by atoms with Crippen molar-refractivity contribution < 1.29 is 9.32 Å². The van der Waals surface area contributed by atoms with E-state index in [1.165, 1.54) is 11.1 Å². The van der Waals surface area contributed by atoms with Gasteiger partial charge in [-0.25, -0.2) is 0 Å². The van der Waals surface area contributed by atoms with Gasteiger partial charge in [-0.3, -0.25) is 4.79 Å². The molecule has 6 heteroatoms. The van der Waals surface area contributed by atoms with Crippen LogP contribution in [0.4, 0.5) is 0 Å². The van der Waals surface area contributed by atoms with Gasteiger partial charge in [0.1, 0.15) is 6.04 Å². The lowest BCUT2D eigenvalue weighted by Crippen LogP contribution is -2.27. The van der Waals surface area contributed by atoms with Gasteiger partial charge in [0.25, 0.3) is 0 Å². The zero-order chi connectivity index (χ0) is 19.0. The highest BCUT2D eigenvalue weighted by Gasteiger charge is 2.36. The maximum atomic E-state index is 12.5. The van der Waals surface area contributed by atoms with Crippen molar-refractivity contribution in [3.8, 4) is 11.4 Å². The van der Waals surface area contributed by atoms with Crippen LogP contribution in [0.15, 0.2) is 47.0 Å². The Labute approximate surface area is 163 Å². The molecule has 1 unspecified atom stereocenters. The molecule has 138 valence electrons. The molecule has 0 aliphatic carbocycles. The van der Waals surface area contributed by atoms with E-state index in [1.54, 1.807) is 12.1 Å². The Morgan fingerprint density at radius 1 is 1.22 bits per heavy atom. The SMILES string of the molecule is Cc1ccc(CN2C(=O)CCC2c2nc(-c3cccc(Cl)c3)no2)c(C)c1. The second-order valence-corrected chi connectivity index (χ2v) is 7.41. The van der Waals surface area contributed by atoms with Crippen molar-refractivity contribution in [3.63, 3.8) is 0 Å². The fraction of sp³-hybridized carbons (Fsp3) is 0.286. The summed E-state index contributed by atoms with van der Waals surface area (Å²) >= 11 is 6.05. The Hall–Kier alpha value is -2.66. The van der Waals surface area contributed by atoms with Gasteiger partial charge in [-0.2, -0.15) is 4.98 Å². The molecule has 1 aromatic heterocycles. The highest BCUT2D eigenvalue weighted by atomic mass is 35.5. The molecule has 2 heterocycles. The van der Waals surface area contributed by atoms with Gasteiger partial charge in [-0.05, 0) is 43.5 Å². The van der Waals surface area contributed by atoms with Crippen molar-refractivity contribution in [3.05, 3.63) is 70.1 Å². The number of aromatic nitrogens is 2. The summed E-state index contributed by atoms with van der Waals surface area (Å²) < 4.78 is 5.51. The van der Waals surface area contributed by atoms with E-state index in [1.807, 2.05) is 17.0 Å². The first-order valence-corrected chi connectivity index (χ1v) is 9.34. The number of hydrogen-bond acceptors (Lipinski definition) is 4. The predicted molar refractivity (Wildman–Crippen MR) is 103 cm³/mol. The maximum absolute atomic E-state index is 12.5. The van der Waals surface area contributed by atoms with Crippen molar-refractivity contribution in [1.29, 1.82) is 0 Å². The lowest BCUT2D eigenvalue weighted by molar-refractivity contribution is -0.130. The number of hydrogen-bond donors (Lipinski definition) is 0. The molecule has 0 bridgehead atoms. The third-order valence-electron chi connectivity index (χ3n) is 4.98. The number of nitrogens with zero attached hydrogens (tertiary/aromatic N) is 3. The van der Waals surface area contributed by atoms with Crippen molar-refractivity contribution in [2.45, 2.75) is 39.3 Å². The molecule has 1 aliphatic heterocycles. The number of likely N-dealkylation sites (tertiary alicyclic amines) is 1. The number of rotatable bonds is 4. The Morgan fingerprint density at radius 3 is 2.85 bits per heavy atom. The topological polar surface area (TPSA) is 59.2 Å². The minimum Gasteiger partial charge on any atom is -0.337 e. The fourth-order valence-corrected chi connectivity index (χ4v) is 3.70. The van der Waals surface area contributed by atoms with Crippen LogP contribution in [0.1, 0.15) is 41.5 Å². The zero-order valence-electron chi connectivity index (χ0n) is 15.3. The van der Waals surface area contributed by atoms with E-state index >= 15 is 0 Å². The van der Waals surface area contributed by atoms with Crippen LogP contribution in [0, 0.1) is 13.8 Å². The van der Waals surface area contributed by atoms with Crippen LogP contribution in [0.3, 0.4) is 0 Å². The summed E-state index contributed by atoms with van der Waals surface area (Å²) in [4.78, 5) is 18.9. The van der Waals surface area contributed by atoms with Gasteiger partial charge in [-0.15, -0.1) is 0 Å². The Balaban J connectivity index is 1.60. The summed E-state index contributed by atoms with van der Waals surface area (Å²) in [5.74, 6) is 1.07. The summed E-state index contributed by atoms with van der Waals surface area (Å²) in [7, 11) is 0. The van der Waals surface area contributed by atoms with Gasteiger partial charge in [0, 0.05) is 23.6 Å². The Kier molecular flexibility index (Phi) is 4.70. The normalized spacial score (nSPS) is 16.9. The van der Waals surface area contributed by atoms with Crippen LogP contribution in [0.25, 0.3) is 11.4 Å². The third-order valence-corrected chi connectivity index (χ3v) is 5.21. The number of amides is 1. The zero-order valence-corrected chi connectivity index (χ0v) is 16.0. The number of aryl methyl sites for hydroxylation is 2. The van der Waals surface area contributed by atoms with E-state index in [4.69, 9.17) is 16.1 Å². The first-order valence-electron chi connectivity index (χ1n) is 8.96. The standard InChI is InChI=1S/C21H20ClN3O2/c1-13-6-7-16(14(2)10-13)12-25-18(8-9-19(25)26)21-23-20(24-27-21)15-4-3-5-17(22)11-15/h3-7,10-11,18H,8-9,12H2,1-2H3. The molecule has 4 rings (SSSR count). The fourth-order valence-electron chi connectivity index (χ4n) is 3.51. The third kappa shape index (κ3) is 3.60. The first kappa shape index (κ1) is 17.7. The van der Waals surface area contributed by atoms with Gasteiger partial charge in [0.2, 0.25) is 17.6 Å². The number of carbonyl (C=O) groups is 1.